The molecule has 1 saturated heterocycles. The van der Waals surface area contributed by atoms with Gasteiger partial charge in [0.2, 0.25) is 0 Å². The van der Waals surface area contributed by atoms with Crippen molar-refractivity contribution in [3.8, 4) is 11.5 Å². The van der Waals surface area contributed by atoms with Gasteiger partial charge in [-0.3, -0.25) is 14.5 Å². The molecule has 1 heterocycles. The van der Waals surface area contributed by atoms with Crippen molar-refractivity contribution in [2.24, 2.45) is 0 Å². The van der Waals surface area contributed by atoms with E-state index < -0.39 is 17.7 Å². The van der Waals surface area contributed by atoms with Crippen molar-refractivity contribution in [3.63, 3.8) is 0 Å². The number of phenols is 1. The first-order chi connectivity index (χ1) is 17.1. The predicted octanol–water partition coefficient (Wildman–Crippen LogP) is 6.16. The van der Waals surface area contributed by atoms with Gasteiger partial charge in [0.1, 0.15) is 17.3 Å². The minimum Gasteiger partial charge on any atom is -0.508 e. The van der Waals surface area contributed by atoms with Gasteiger partial charge < -0.3 is 14.9 Å². The molecule has 0 bridgehead atoms. The molecule has 3 aromatic rings. The van der Waals surface area contributed by atoms with Crippen LogP contribution in [0.1, 0.15) is 60.5 Å². The second kappa shape index (κ2) is 9.90. The Labute approximate surface area is 211 Å². The number of ether oxygens (including phenoxy) is 1. The molecule has 4 rings (SSSR count). The van der Waals surface area contributed by atoms with E-state index in [0.29, 0.717) is 29.2 Å². The molecule has 1 amide bonds. The van der Waals surface area contributed by atoms with Crippen LogP contribution >= 0.6 is 0 Å². The molecule has 0 radical (unpaired) electrons. The van der Waals surface area contributed by atoms with Crippen molar-refractivity contribution in [2.45, 2.75) is 46.6 Å². The monoisotopic (exact) mass is 485 g/mol. The van der Waals surface area contributed by atoms with E-state index in [-0.39, 0.29) is 23.0 Å². The minimum absolute atomic E-state index is 0.00124. The van der Waals surface area contributed by atoms with Crippen LogP contribution in [0.15, 0.2) is 66.2 Å². The summed E-state index contributed by atoms with van der Waals surface area (Å²) >= 11 is 0. The summed E-state index contributed by atoms with van der Waals surface area (Å²) in [5, 5.41) is 21.7. The van der Waals surface area contributed by atoms with E-state index in [2.05, 4.69) is 0 Å². The number of Topliss-reactive ketones (excluding diaryl/α,β-unsaturated/α-hetero) is 1. The van der Waals surface area contributed by atoms with Crippen LogP contribution in [-0.4, -0.2) is 28.5 Å². The standard InChI is InChI=1S/C30H31NO5/c1-6-36-25-13-11-21(16-24(25)17(2)3)28(33)26-27(20-8-7-9-23(32)15-20)31(30(35)29(26)34)22-12-10-18(4)19(5)14-22/h7-17,27,32-33H,6H2,1-5H3/b28-26-. The number of anilines is 1. The van der Waals surface area contributed by atoms with Crippen LogP contribution < -0.4 is 9.64 Å². The SMILES string of the molecule is CCOc1ccc(/C(O)=C2/C(=O)C(=O)N(c3ccc(C)c(C)c3)C2c2cccc(O)c2)cc1C(C)C. The van der Waals surface area contributed by atoms with Gasteiger partial charge in [-0.1, -0.05) is 32.0 Å². The minimum atomic E-state index is -0.909. The highest BCUT2D eigenvalue weighted by atomic mass is 16.5. The van der Waals surface area contributed by atoms with Crippen molar-refractivity contribution in [3.05, 3.63) is 94.1 Å². The van der Waals surface area contributed by atoms with Gasteiger partial charge in [-0.05, 0) is 91.4 Å². The Hall–Kier alpha value is -4.06. The zero-order chi connectivity index (χ0) is 26.1. The van der Waals surface area contributed by atoms with E-state index in [0.717, 1.165) is 16.7 Å². The molecule has 36 heavy (non-hydrogen) atoms. The van der Waals surface area contributed by atoms with Crippen molar-refractivity contribution >= 4 is 23.1 Å². The normalized spacial score (nSPS) is 17.2. The second-order valence-electron chi connectivity index (χ2n) is 9.37. The number of hydrogen-bond donors (Lipinski definition) is 2. The smallest absolute Gasteiger partial charge is 0.300 e. The largest absolute Gasteiger partial charge is 0.508 e. The molecular weight excluding hydrogens is 454 g/mol. The number of hydrogen-bond acceptors (Lipinski definition) is 5. The fraction of sp³-hybridized carbons (Fsp3) is 0.267. The maximum Gasteiger partial charge on any atom is 0.300 e. The lowest BCUT2D eigenvalue weighted by Crippen LogP contribution is -2.29. The molecule has 1 unspecified atom stereocenters. The number of benzene rings is 3. The average molecular weight is 486 g/mol. The van der Waals surface area contributed by atoms with Gasteiger partial charge in [-0.15, -0.1) is 0 Å². The molecule has 0 spiro atoms. The molecule has 0 aromatic heterocycles. The van der Waals surface area contributed by atoms with Gasteiger partial charge in [0.25, 0.3) is 11.7 Å². The number of aromatic hydroxyl groups is 1. The number of rotatable bonds is 6. The maximum absolute atomic E-state index is 13.4. The Kier molecular flexibility index (Phi) is 6.88. The van der Waals surface area contributed by atoms with Crippen molar-refractivity contribution in [2.75, 3.05) is 11.5 Å². The molecule has 186 valence electrons. The first-order valence-electron chi connectivity index (χ1n) is 12.1. The zero-order valence-electron chi connectivity index (χ0n) is 21.2. The topological polar surface area (TPSA) is 87.1 Å². The Bertz CT molecular complexity index is 1370. The lowest BCUT2D eigenvalue weighted by atomic mass is 9.93. The van der Waals surface area contributed by atoms with E-state index in [1.165, 1.54) is 17.0 Å². The van der Waals surface area contributed by atoms with E-state index >= 15 is 0 Å². The molecule has 6 nitrogen and oxygen atoms in total. The number of aliphatic hydroxyl groups is 1. The first-order valence-corrected chi connectivity index (χ1v) is 12.1. The highest BCUT2D eigenvalue weighted by Crippen LogP contribution is 2.43. The first kappa shape index (κ1) is 25.0. The van der Waals surface area contributed by atoms with Gasteiger partial charge in [0, 0.05) is 11.3 Å². The third-order valence-corrected chi connectivity index (χ3v) is 6.60. The van der Waals surface area contributed by atoms with Crippen LogP contribution in [0.4, 0.5) is 5.69 Å². The van der Waals surface area contributed by atoms with E-state index in [4.69, 9.17) is 4.74 Å². The lowest BCUT2D eigenvalue weighted by Gasteiger charge is -2.26. The van der Waals surface area contributed by atoms with Crippen LogP contribution in [0.25, 0.3) is 5.76 Å². The summed E-state index contributed by atoms with van der Waals surface area (Å²) in [6.07, 6.45) is 0. The zero-order valence-corrected chi connectivity index (χ0v) is 21.2. The summed E-state index contributed by atoms with van der Waals surface area (Å²) in [5.41, 5.74) is 4.37. The molecule has 3 aromatic carbocycles. The highest BCUT2D eigenvalue weighted by molar-refractivity contribution is 6.51. The van der Waals surface area contributed by atoms with Crippen molar-refractivity contribution < 1.29 is 24.5 Å². The summed E-state index contributed by atoms with van der Waals surface area (Å²) in [5.74, 6) is -0.954. The molecular formula is C30H31NO5. The van der Waals surface area contributed by atoms with Gasteiger partial charge >= 0.3 is 0 Å². The highest BCUT2D eigenvalue weighted by Gasteiger charge is 2.47. The summed E-state index contributed by atoms with van der Waals surface area (Å²) in [6.45, 7) is 10.4. The molecule has 1 fully saturated rings. The summed E-state index contributed by atoms with van der Waals surface area (Å²) in [4.78, 5) is 28.2. The fourth-order valence-corrected chi connectivity index (χ4v) is 4.57. The van der Waals surface area contributed by atoms with E-state index in [9.17, 15) is 19.8 Å². The average Bonchev–Trinajstić information content (AvgIpc) is 3.11. The molecule has 2 N–H and O–H groups in total. The molecule has 1 aliphatic heterocycles. The molecule has 0 saturated carbocycles. The Morgan fingerprint density at radius 1 is 1.00 bits per heavy atom. The predicted molar refractivity (Wildman–Crippen MR) is 141 cm³/mol. The summed E-state index contributed by atoms with van der Waals surface area (Å²) in [7, 11) is 0. The number of aryl methyl sites for hydroxylation is 2. The van der Waals surface area contributed by atoms with Gasteiger partial charge in [-0.2, -0.15) is 0 Å². The molecule has 1 aliphatic rings. The number of aliphatic hydroxyl groups excluding tert-OH is 1. The summed E-state index contributed by atoms with van der Waals surface area (Å²) < 4.78 is 5.74. The van der Waals surface area contributed by atoms with Gasteiger partial charge in [0.15, 0.2) is 0 Å². The van der Waals surface area contributed by atoms with E-state index in [1.807, 2.05) is 46.8 Å². The van der Waals surface area contributed by atoms with Crippen molar-refractivity contribution in [1.82, 2.24) is 0 Å². The van der Waals surface area contributed by atoms with Crippen LogP contribution in [0.2, 0.25) is 0 Å². The number of carbonyl (C=O) groups excluding carboxylic acids is 2. The third kappa shape index (κ3) is 4.47. The fourth-order valence-electron chi connectivity index (χ4n) is 4.57. The van der Waals surface area contributed by atoms with Gasteiger partial charge in [0.05, 0.1) is 18.2 Å². The number of carbonyl (C=O) groups is 2. The van der Waals surface area contributed by atoms with Crippen molar-refractivity contribution in [1.29, 1.82) is 0 Å². The summed E-state index contributed by atoms with van der Waals surface area (Å²) in [6, 6.07) is 16.3. The second-order valence-corrected chi connectivity index (χ2v) is 9.37. The van der Waals surface area contributed by atoms with Crippen LogP contribution in [-0.2, 0) is 9.59 Å². The molecule has 1 atom stereocenters. The number of phenolic OH excluding ortho intramolecular Hbond substituents is 1. The van der Waals surface area contributed by atoms with Crippen LogP contribution in [0.5, 0.6) is 11.5 Å². The van der Waals surface area contributed by atoms with Crippen LogP contribution in [0, 0.1) is 13.8 Å². The lowest BCUT2D eigenvalue weighted by molar-refractivity contribution is -0.132. The van der Waals surface area contributed by atoms with E-state index in [1.54, 1.807) is 36.4 Å². The quantitative estimate of drug-likeness (QED) is 0.248. The number of amides is 1. The van der Waals surface area contributed by atoms with Crippen LogP contribution in [0.3, 0.4) is 0 Å². The molecule has 0 aliphatic carbocycles. The maximum atomic E-state index is 13.4. The Morgan fingerprint density at radius 2 is 1.75 bits per heavy atom. The van der Waals surface area contributed by atoms with Gasteiger partial charge in [-0.25, -0.2) is 0 Å². The third-order valence-electron chi connectivity index (χ3n) is 6.60. The Morgan fingerprint density at radius 3 is 2.39 bits per heavy atom. The Balaban J connectivity index is 1.95. The molecule has 6 heteroatoms. The number of ketones is 1. The number of nitrogens with zero attached hydrogens (tertiary/aromatic N) is 1.